The highest BCUT2D eigenvalue weighted by molar-refractivity contribution is 5.89. The first-order valence-electron chi connectivity index (χ1n) is 7.70. The molecule has 3 rings (SSSR count). The van der Waals surface area contributed by atoms with Crippen molar-refractivity contribution in [2.45, 2.75) is 12.5 Å². The lowest BCUT2D eigenvalue weighted by molar-refractivity contribution is 0.276. The first kappa shape index (κ1) is 21.1. The molecule has 134 valence electrons. The van der Waals surface area contributed by atoms with Gasteiger partial charge in [-0.3, -0.25) is 0 Å². The van der Waals surface area contributed by atoms with Crippen LogP contribution >= 0.6 is 24.8 Å². The minimum Gasteiger partial charge on any atom is -0.394 e. The van der Waals surface area contributed by atoms with Gasteiger partial charge in [-0.15, -0.1) is 24.8 Å². The summed E-state index contributed by atoms with van der Waals surface area (Å²) < 4.78 is 0. The number of aliphatic hydroxyl groups excluding tert-OH is 1. The number of aromatic nitrogens is 2. The molecule has 5 nitrogen and oxygen atoms in total. The van der Waals surface area contributed by atoms with Crippen LogP contribution in [0.4, 0.5) is 5.82 Å². The molecule has 1 heterocycles. The Balaban J connectivity index is 0.00000156. The average Bonchev–Trinajstić information content (AvgIpc) is 2.60. The zero-order valence-corrected chi connectivity index (χ0v) is 15.3. The number of nitrogens with zero attached hydrogens (tertiary/aromatic N) is 2. The standard InChI is InChI=1S/C18H20N4O.2ClH/c19-11-10-17-20-15-9-5-4-8-14(15)18(22-17)21-16(12-23)13-6-2-1-3-7-13;;/h1-9,16,23H,10-12,19H2,(H,20,21,22);2*1H/t16-;;/m0../s1. The fourth-order valence-electron chi connectivity index (χ4n) is 2.56. The monoisotopic (exact) mass is 380 g/mol. The summed E-state index contributed by atoms with van der Waals surface area (Å²) in [6, 6.07) is 17.5. The molecular formula is C18H22Cl2N4O. The van der Waals surface area contributed by atoms with E-state index >= 15 is 0 Å². The molecule has 3 aromatic rings. The summed E-state index contributed by atoms with van der Waals surface area (Å²) in [6.07, 6.45) is 0.620. The molecule has 0 fully saturated rings. The van der Waals surface area contributed by atoms with Crippen molar-refractivity contribution >= 4 is 41.5 Å². The first-order valence-corrected chi connectivity index (χ1v) is 7.70. The molecule has 0 spiro atoms. The van der Waals surface area contributed by atoms with Gasteiger partial charge in [-0.2, -0.15) is 0 Å². The van der Waals surface area contributed by atoms with Crippen molar-refractivity contribution in [1.82, 2.24) is 9.97 Å². The van der Waals surface area contributed by atoms with E-state index in [9.17, 15) is 5.11 Å². The lowest BCUT2D eigenvalue weighted by Crippen LogP contribution is -2.17. The topological polar surface area (TPSA) is 84.1 Å². The molecule has 0 aliphatic carbocycles. The quantitative estimate of drug-likeness (QED) is 0.611. The van der Waals surface area contributed by atoms with Gasteiger partial charge < -0.3 is 16.2 Å². The summed E-state index contributed by atoms with van der Waals surface area (Å²) in [7, 11) is 0. The largest absolute Gasteiger partial charge is 0.394 e. The molecule has 0 amide bonds. The number of hydrogen-bond acceptors (Lipinski definition) is 5. The first-order chi connectivity index (χ1) is 11.3. The van der Waals surface area contributed by atoms with Crippen molar-refractivity contribution in [3.63, 3.8) is 0 Å². The zero-order chi connectivity index (χ0) is 16.1. The van der Waals surface area contributed by atoms with Crippen LogP contribution in [0, 0.1) is 0 Å². The second kappa shape index (κ2) is 10.2. The van der Waals surface area contributed by atoms with Crippen LogP contribution in [-0.4, -0.2) is 28.2 Å². The van der Waals surface area contributed by atoms with E-state index in [1.54, 1.807) is 0 Å². The molecule has 1 aromatic heterocycles. The van der Waals surface area contributed by atoms with Gasteiger partial charge in [0.15, 0.2) is 0 Å². The Kier molecular flexibility index (Phi) is 8.58. The van der Waals surface area contributed by atoms with Crippen molar-refractivity contribution in [1.29, 1.82) is 0 Å². The molecule has 1 atom stereocenters. The van der Waals surface area contributed by atoms with Crippen molar-refractivity contribution in [2.24, 2.45) is 5.73 Å². The van der Waals surface area contributed by atoms with Gasteiger partial charge in [0, 0.05) is 11.8 Å². The molecule has 0 radical (unpaired) electrons. The van der Waals surface area contributed by atoms with Crippen molar-refractivity contribution < 1.29 is 5.11 Å². The fourth-order valence-corrected chi connectivity index (χ4v) is 2.56. The molecule has 0 saturated heterocycles. The van der Waals surface area contributed by atoms with Crippen LogP contribution < -0.4 is 11.1 Å². The van der Waals surface area contributed by atoms with Crippen LogP contribution in [0.15, 0.2) is 54.6 Å². The van der Waals surface area contributed by atoms with Gasteiger partial charge in [0.25, 0.3) is 0 Å². The molecule has 0 bridgehead atoms. The van der Waals surface area contributed by atoms with Crippen LogP contribution in [0.5, 0.6) is 0 Å². The number of fused-ring (bicyclic) bond motifs is 1. The maximum atomic E-state index is 9.76. The third kappa shape index (κ3) is 5.03. The minimum absolute atomic E-state index is 0. The highest BCUT2D eigenvalue weighted by atomic mass is 35.5. The van der Waals surface area contributed by atoms with Crippen LogP contribution in [0.25, 0.3) is 10.9 Å². The molecule has 7 heteroatoms. The van der Waals surface area contributed by atoms with Gasteiger partial charge in [-0.25, -0.2) is 9.97 Å². The van der Waals surface area contributed by atoms with E-state index in [1.807, 2.05) is 54.6 Å². The second-order valence-electron chi connectivity index (χ2n) is 5.33. The average molecular weight is 381 g/mol. The van der Waals surface area contributed by atoms with Crippen LogP contribution in [-0.2, 0) is 6.42 Å². The summed E-state index contributed by atoms with van der Waals surface area (Å²) in [4.78, 5) is 9.13. The van der Waals surface area contributed by atoms with Crippen molar-refractivity contribution in [3.8, 4) is 0 Å². The van der Waals surface area contributed by atoms with Crippen molar-refractivity contribution in [2.75, 3.05) is 18.5 Å². The summed E-state index contributed by atoms with van der Waals surface area (Å²) in [6.45, 7) is 0.481. The van der Waals surface area contributed by atoms with Crippen LogP contribution in [0.2, 0.25) is 0 Å². The predicted molar refractivity (Wildman–Crippen MR) is 107 cm³/mol. The number of hydrogen-bond donors (Lipinski definition) is 3. The van der Waals surface area contributed by atoms with E-state index in [0.717, 1.165) is 22.3 Å². The molecular weight excluding hydrogens is 359 g/mol. The Labute approximate surface area is 159 Å². The zero-order valence-electron chi connectivity index (χ0n) is 13.6. The highest BCUT2D eigenvalue weighted by Gasteiger charge is 2.14. The number of halogens is 2. The Hall–Kier alpha value is -1.92. The molecule has 2 aromatic carbocycles. The van der Waals surface area contributed by atoms with Gasteiger partial charge in [-0.05, 0) is 24.2 Å². The second-order valence-corrected chi connectivity index (χ2v) is 5.33. The molecule has 0 aliphatic heterocycles. The number of anilines is 1. The molecule has 0 saturated carbocycles. The molecule has 0 aliphatic rings. The van der Waals surface area contributed by atoms with Gasteiger partial charge in [0.2, 0.25) is 0 Å². The number of rotatable bonds is 6. The van der Waals surface area contributed by atoms with Gasteiger partial charge in [0.1, 0.15) is 11.6 Å². The smallest absolute Gasteiger partial charge is 0.138 e. The fraction of sp³-hybridized carbons (Fsp3) is 0.222. The highest BCUT2D eigenvalue weighted by Crippen LogP contribution is 2.24. The SMILES string of the molecule is Cl.Cl.NCCc1nc(N[C@@H](CO)c2ccccc2)c2ccccc2n1. The number of para-hydroxylation sites is 1. The lowest BCUT2D eigenvalue weighted by atomic mass is 10.1. The van der Waals surface area contributed by atoms with Gasteiger partial charge >= 0.3 is 0 Å². The van der Waals surface area contributed by atoms with E-state index in [-0.39, 0.29) is 37.5 Å². The summed E-state index contributed by atoms with van der Waals surface area (Å²) in [5, 5.41) is 14.0. The van der Waals surface area contributed by atoms with Gasteiger partial charge in [0.05, 0.1) is 18.2 Å². The number of aliphatic hydroxyl groups is 1. The van der Waals surface area contributed by atoms with E-state index in [4.69, 9.17) is 5.73 Å². The number of nitrogens with two attached hydrogens (primary N) is 1. The van der Waals surface area contributed by atoms with E-state index in [1.165, 1.54) is 0 Å². The summed E-state index contributed by atoms with van der Waals surface area (Å²) >= 11 is 0. The van der Waals surface area contributed by atoms with E-state index in [0.29, 0.717) is 18.8 Å². The Morgan fingerprint density at radius 3 is 2.32 bits per heavy atom. The van der Waals surface area contributed by atoms with Gasteiger partial charge in [-0.1, -0.05) is 42.5 Å². The van der Waals surface area contributed by atoms with Crippen molar-refractivity contribution in [3.05, 3.63) is 66.0 Å². The summed E-state index contributed by atoms with van der Waals surface area (Å²) in [5.74, 6) is 1.43. The molecule has 25 heavy (non-hydrogen) atoms. The third-order valence-electron chi connectivity index (χ3n) is 3.71. The minimum atomic E-state index is -0.222. The number of benzene rings is 2. The normalized spacial score (nSPS) is 11.3. The van der Waals surface area contributed by atoms with E-state index in [2.05, 4.69) is 15.3 Å². The van der Waals surface area contributed by atoms with Crippen LogP contribution in [0.1, 0.15) is 17.4 Å². The number of nitrogens with one attached hydrogen (secondary N) is 1. The predicted octanol–water partition coefficient (Wildman–Crippen LogP) is 3.12. The summed E-state index contributed by atoms with van der Waals surface area (Å²) in [5.41, 5.74) is 7.52. The van der Waals surface area contributed by atoms with Crippen LogP contribution in [0.3, 0.4) is 0 Å². The maximum absolute atomic E-state index is 9.76. The molecule has 0 unspecified atom stereocenters. The Bertz CT molecular complexity index is 786. The lowest BCUT2D eigenvalue weighted by Gasteiger charge is -2.19. The maximum Gasteiger partial charge on any atom is 0.138 e. The molecule has 4 N–H and O–H groups in total. The Morgan fingerprint density at radius 1 is 0.960 bits per heavy atom. The Morgan fingerprint density at radius 2 is 1.64 bits per heavy atom. The third-order valence-corrected chi connectivity index (χ3v) is 3.71. The van der Waals surface area contributed by atoms with E-state index < -0.39 is 0 Å².